The van der Waals surface area contributed by atoms with Gasteiger partial charge in [0.05, 0.1) is 27.9 Å². The van der Waals surface area contributed by atoms with Gasteiger partial charge < -0.3 is 24.8 Å². The summed E-state index contributed by atoms with van der Waals surface area (Å²) < 4.78 is 16.1. The molecule has 1 atom stereocenters. The van der Waals surface area contributed by atoms with Crippen molar-refractivity contribution < 1.29 is 14.2 Å². The van der Waals surface area contributed by atoms with E-state index in [4.69, 9.17) is 19.2 Å². The van der Waals surface area contributed by atoms with Gasteiger partial charge >= 0.3 is 0 Å². The van der Waals surface area contributed by atoms with E-state index >= 15 is 0 Å². The Kier molecular flexibility index (Phi) is 12.0. The molecule has 0 aliphatic heterocycles. The van der Waals surface area contributed by atoms with Crippen molar-refractivity contribution in [3.63, 3.8) is 0 Å². The second-order valence-electron chi connectivity index (χ2n) is 6.74. The maximum absolute atomic E-state index is 5.49. The zero-order valence-electron chi connectivity index (χ0n) is 18.5. The van der Waals surface area contributed by atoms with Gasteiger partial charge in [-0.05, 0) is 43.0 Å². The molecule has 0 aliphatic carbocycles. The fourth-order valence-corrected chi connectivity index (χ4v) is 3.09. The van der Waals surface area contributed by atoms with Gasteiger partial charge in [-0.2, -0.15) is 0 Å². The molecule has 7 heteroatoms. The summed E-state index contributed by atoms with van der Waals surface area (Å²) in [4.78, 5) is 4.70. The molecule has 1 unspecified atom stereocenters. The van der Waals surface area contributed by atoms with E-state index in [0.717, 1.165) is 42.5 Å². The Morgan fingerprint density at radius 3 is 2.30 bits per heavy atom. The van der Waals surface area contributed by atoms with Crippen molar-refractivity contribution in [1.82, 2.24) is 10.6 Å². The molecule has 6 nitrogen and oxygen atoms in total. The number of methoxy groups -OCH3 is 3. The number of rotatable bonds is 10. The van der Waals surface area contributed by atoms with E-state index in [-0.39, 0.29) is 24.0 Å². The first-order chi connectivity index (χ1) is 14.1. The minimum Gasteiger partial charge on any atom is -0.497 e. The Bertz CT molecular complexity index is 782. The Morgan fingerprint density at radius 1 is 0.967 bits per heavy atom. The summed E-state index contributed by atoms with van der Waals surface area (Å²) in [7, 11) is 4.97. The van der Waals surface area contributed by atoms with Gasteiger partial charge in [0, 0.05) is 18.7 Å². The van der Waals surface area contributed by atoms with Crippen molar-refractivity contribution in [2.75, 3.05) is 34.4 Å². The maximum atomic E-state index is 5.49. The summed E-state index contributed by atoms with van der Waals surface area (Å²) in [6.07, 6.45) is 0.999. The Balaban J connectivity index is 0.00000450. The molecule has 0 fully saturated rings. The summed E-state index contributed by atoms with van der Waals surface area (Å²) in [6.45, 7) is 6.42. The van der Waals surface area contributed by atoms with Gasteiger partial charge in [-0.25, -0.2) is 4.99 Å². The lowest BCUT2D eigenvalue weighted by molar-refractivity contribution is 0.352. The number of ether oxygens (including phenoxy) is 3. The smallest absolute Gasteiger partial charge is 0.191 e. The molecule has 0 bridgehead atoms. The van der Waals surface area contributed by atoms with Crippen molar-refractivity contribution in [3.05, 3.63) is 53.6 Å². The Morgan fingerprint density at radius 2 is 1.70 bits per heavy atom. The van der Waals surface area contributed by atoms with Crippen LogP contribution in [-0.4, -0.2) is 40.4 Å². The number of benzene rings is 2. The van der Waals surface area contributed by atoms with E-state index in [2.05, 4.69) is 36.6 Å². The molecule has 2 N–H and O–H groups in total. The topological polar surface area (TPSA) is 64.1 Å². The number of hydrogen-bond donors (Lipinski definition) is 2. The number of aliphatic imine (C=N–C) groups is 1. The maximum Gasteiger partial charge on any atom is 0.191 e. The highest BCUT2D eigenvalue weighted by atomic mass is 127. The molecule has 0 aliphatic rings. The van der Waals surface area contributed by atoms with Gasteiger partial charge in [0.15, 0.2) is 17.5 Å². The van der Waals surface area contributed by atoms with Gasteiger partial charge in [0.25, 0.3) is 0 Å². The molecular weight excluding hydrogens is 493 g/mol. The molecule has 0 heterocycles. The highest BCUT2D eigenvalue weighted by molar-refractivity contribution is 14.0. The third-order valence-corrected chi connectivity index (χ3v) is 4.79. The predicted molar refractivity (Wildman–Crippen MR) is 134 cm³/mol. The number of nitrogens with zero attached hydrogens (tertiary/aromatic N) is 1. The summed E-state index contributed by atoms with van der Waals surface area (Å²) >= 11 is 0. The van der Waals surface area contributed by atoms with Crippen LogP contribution in [0, 0.1) is 0 Å². The average molecular weight is 527 g/mol. The quantitative estimate of drug-likeness (QED) is 0.269. The molecule has 2 rings (SSSR count). The molecule has 166 valence electrons. The minimum atomic E-state index is 0. The minimum absolute atomic E-state index is 0. The SMILES string of the molecule is CCNC(=NCc1cccc(OC)c1OC)NCCC(C)c1ccc(OC)cc1.I. The van der Waals surface area contributed by atoms with E-state index in [0.29, 0.717) is 18.2 Å². The van der Waals surface area contributed by atoms with Crippen LogP contribution in [0.15, 0.2) is 47.5 Å². The fourth-order valence-electron chi connectivity index (χ4n) is 3.09. The Hall–Kier alpha value is -2.16. The molecule has 0 saturated carbocycles. The third-order valence-electron chi connectivity index (χ3n) is 4.79. The number of guanidine groups is 1. The van der Waals surface area contributed by atoms with Gasteiger partial charge in [-0.15, -0.1) is 24.0 Å². The van der Waals surface area contributed by atoms with Crippen LogP contribution in [0.5, 0.6) is 17.2 Å². The molecule has 0 radical (unpaired) electrons. The van der Waals surface area contributed by atoms with Gasteiger partial charge in [0.2, 0.25) is 0 Å². The molecule has 0 spiro atoms. The van der Waals surface area contributed by atoms with Crippen LogP contribution in [0.1, 0.15) is 37.3 Å². The van der Waals surface area contributed by atoms with Crippen LogP contribution >= 0.6 is 24.0 Å². The monoisotopic (exact) mass is 527 g/mol. The molecule has 0 amide bonds. The Labute approximate surface area is 197 Å². The van der Waals surface area contributed by atoms with Crippen LogP contribution in [0.4, 0.5) is 0 Å². The average Bonchev–Trinajstić information content (AvgIpc) is 2.76. The second kappa shape index (κ2) is 14.0. The highest BCUT2D eigenvalue weighted by Gasteiger charge is 2.10. The summed E-state index contributed by atoms with van der Waals surface area (Å²) in [5.74, 6) is 3.55. The molecule has 30 heavy (non-hydrogen) atoms. The van der Waals surface area contributed by atoms with E-state index in [1.165, 1.54) is 5.56 Å². The van der Waals surface area contributed by atoms with Gasteiger partial charge in [0.1, 0.15) is 5.75 Å². The van der Waals surface area contributed by atoms with Crippen LogP contribution in [-0.2, 0) is 6.54 Å². The predicted octanol–water partition coefficient (Wildman–Crippen LogP) is 4.58. The summed E-state index contributed by atoms with van der Waals surface area (Å²) in [6, 6.07) is 14.1. The summed E-state index contributed by atoms with van der Waals surface area (Å²) in [5, 5.41) is 6.72. The van der Waals surface area contributed by atoms with Gasteiger partial charge in [-0.3, -0.25) is 0 Å². The fraction of sp³-hybridized carbons (Fsp3) is 0.435. The second-order valence-corrected chi connectivity index (χ2v) is 6.74. The summed E-state index contributed by atoms with van der Waals surface area (Å²) in [5.41, 5.74) is 2.28. The molecule has 2 aromatic rings. The van der Waals surface area contributed by atoms with Crippen molar-refractivity contribution in [1.29, 1.82) is 0 Å². The first kappa shape index (κ1) is 25.9. The first-order valence-electron chi connectivity index (χ1n) is 9.98. The first-order valence-corrected chi connectivity index (χ1v) is 9.98. The van der Waals surface area contributed by atoms with Crippen molar-refractivity contribution >= 4 is 29.9 Å². The van der Waals surface area contributed by atoms with Crippen LogP contribution < -0.4 is 24.8 Å². The van der Waals surface area contributed by atoms with Crippen molar-refractivity contribution in [2.24, 2.45) is 4.99 Å². The van der Waals surface area contributed by atoms with E-state index in [1.807, 2.05) is 30.3 Å². The van der Waals surface area contributed by atoms with Crippen LogP contribution in [0.2, 0.25) is 0 Å². The van der Waals surface area contributed by atoms with E-state index in [1.54, 1.807) is 21.3 Å². The largest absolute Gasteiger partial charge is 0.497 e. The molecule has 2 aromatic carbocycles. The van der Waals surface area contributed by atoms with Crippen LogP contribution in [0.25, 0.3) is 0 Å². The van der Waals surface area contributed by atoms with Crippen molar-refractivity contribution in [3.8, 4) is 17.2 Å². The number of para-hydroxylation sites is 1. The molecular formula is C23H34IN3O3. The standard InChI is InChI=1S/C23H33N3O3.HI/c1-6-24-23(26-16-19-8-7-9-21(28-4)22(19)29-5)25-15-14-17(2)18-10-12-20(27-3)13-11-18;/h7-13,17H,6,14-16H2,1-5H3,(H2,24,25,26);1H. The third kappa shape index (κ3) is 7.59. The van der Waals surface area contributed by atoms with Gasteiger partial charge in [-0.1, -0.05) is 31.2 Å². The zero-order valence-corrected chi connectivity index (χ0v) is 20.9. The van der Waals surface area contributed by atoms with Crippen LogP contribution in [0.3, 0.4) is 0 Å². The zero-order chi connectivity index (χ0) is 21.1. The van der Waals surface area contributed by atoms with E-state index < -0.39 is 0 Å². The lowest BCUT2D eigenvalue weighted by Gasteiger charge is -2.16. The highest BCUT2D eigenvalue weighted by Crippen LogP contribution is 2.31. The van der Waals surface area contributed by atoms with Crippen molar-refractivity contribution in [2.45, 2.75) is 32.7 Å². The molecule has 0 saturated heterocycles. The lowest BCUT2D eigenvalue weighted by atomic mass is 9.98. The van der Waals surface area contributed by atoms with E-state index in [9.17, 15) is 0 Å². The number of nitrogens with one attached hydrogen (secondary N) is 2. The lowest BCUT2D eigenvalue weighted by Crippen LogP contribution is -2.38. The number of halogens is 1. The normalized spacial score (nSPS) is 11.8. The molecule has 0 aromatic heterocycles. The number of hydrogen-bond acceptors (Lipinski definition) is 4.